The lowest BCUT2D eigenvalue weighted by molar-refractivity contribution is -0.0982. The minimum absolute atomic E-state index is 0.251. The molecular formula is C24H28BNO5S2. The Morgan fingerprint density at radius 3 is 2.33 bits per heavy atom. The molecule has 174 valence electrons. The van der Waals surface area contributed by atoms with Crippen LogP contribution in [-0.4, -0.2) is 48.1 Å². The van der Waals surface area contributed by atoms with Crippen LogP contribution in [0.15, 0.2) is 65.0 Å². The number of benzene rings is 2. The van der Waals surface area contributed by atoms with Gasteiger partial charge < -0.3 is 14.8 Å². The standard InChI is InChI=1S/C24H28BNO5S2/c1-23(2,27)24(3,4)31-25(28)19-8-6-7-17(15-19)16-21(22-26-13-14-32-22)18-9-11-20(12-10-18)33(5,29)30/h6-16,27-28H,1-5H3/b21-16+. The summed E-state index contributed by atoms with van der Waals surface area (Å²) < 4.78 is 29.4. The van der Waals surface area contributed by atoms with Crippen LogP contribution >= 0.6 is 11.3 Å². The molecule has 9 heteroatoms. The smallest absolute Gasteiger partial charge is 0.423 e. The Morgan fingerprint density at radius 1 is 1.12 bits per heavy atom. The Labute approximate surface area is 199 Å². The van der Waals surface area contributed by atoms with E-state index in [1.165, 1.54) is 17.6 Å². The summed E-state index contributed by atoms with van der Waals surface area (Å²) >= 11 is 1.48. The third-order valence-corrected chi connectivity index (χ3v) is 7.58. The van der Waals surface area contributed by atoms with Crippen LogP contribution in [0.4, 0.5) is 0 Å². The van der Waals surface area contributed by atoms with Crippen molar-refractivity contribution in [2.45, 2.75) is 43.8 Å². The number of aromatic nitrogens is 1. The largest absolute Gasteiger partial charge is 0.491 e. The van der Waals surface area contributed by atoms with Crippen LogP contribution in [0.3, 0.4) is 0 Å². The van der Waals surface area contributed by atoms with Crippen molar-refractivity contribution in [1.29, 1.82) is 0 Å². The fourth-order valence-corrected chi connectivity index (χ4v) is 4.27. The number of nitrogens with zero attached hydrogens (tertiary/aromatic N) is 1. The molecule has 0 saturated carbocycles. The first-order valence-corrected chi connectivity index (χ1v) is 13.2. The molecule has 0 aliphatic rings. The van der Waals surface area contributed by atoms with Crippen LogP contribution in [-0.2, 0) is 14.5 Å². The predicted molar refractivity (Wildman–Crippen MR) is 134 cm³/mol. The molecule has 2 N–H and O–H groups in total. The molecule has 2 aromatic carbocycles. The number of aliphatic hydroxyl groups is 1. The van der Waals surface area contributed by atoms with Crippen molar-refractivity contribution in [1.82, 2.24) is 4.98 Å². The van der Waals surface area contributed by atoms with Crippen molar-refractivity contribution >= 4 is 45.4 Å². The Morgan fingerprint density at radius 2 is 1.79 bits per heavy atom. The zero-order valence-electron chi connectivity index (χ0n) is 19.3. The summed E-state index contributed by atoms with van der Waals surface area (Å²) in [5.74, 6) is 0. The van der Waals surface area contributed by atoms with E-state index in [-0.39, 0.29) is 4.90 Å². The van der Waals surface area contributed by atoms with E-state index in [1.807, 2.05) is 29.7 Å². The van der Waals surface area contributed by atoms with Gasteiger partial charge in [0, 0.05) is 23.4 Å². The molecular weight excluding hydrogens is 457 g/mol. The molecule has 0 unspecified atom stereocenters. The van der Waals surface area contributed by atoms with E-state index in [9.17, 15) is 18.5 Å². The monoisotopic (exact) mass is 485 g/mol. The molecule has 0 saturated heterocycles. The topological polar surface area (TPSA) is 96.7 Å². The maximum absolute atomic E-state index is 11.8. The molecule has 0 radical (unpaired) electrons. The summed E-state index contributed by atoms with van der Waals surface area (Å²) in [5.41, 5.74) is 0.880. The fourth-order valence-electron chi connectivity index (χ4n) is 2.97. The first-order valence-electron chi connectivity index (χ1n) is 10.4. The van der Waals surface area contributed by atoms with E-state index >= 15 is 0 Å². The van der Waals surface area contributed by atoms with Crippen molar-refractivity contribution in [3.8, 4) is 0 Å². The van der Waals surface area contributed by atoms with Crippen LogP contribution in [0.1, 0.15) is 43.8 Å². The van der Waals surface area contributed by atoms with Crippen LogP contribution in [0.2, 0.25) is 0 Å². The maximum Gasteiger partial charge on any atom is 0.491 e. The number of sulfone groups is 1. The highest BCUT2D eigenvalue weighted by Gasteiger charge is 2.39. The second-order valence-electron chi connectivity index (χ2n) is 8.90. The van der Waals surface area contributed by atoms with E-state index in [1.54, 1.807) is 64.2 Å². The fraction of sp³-hybridized carbons (Fsp3) is 0.292. The molecule has 1 aromatic heterocycles. The molecule has 0 bridgehead atoms. The van der Waals surface area contributed by atoms with Gasteiger partial charge in [-0.2, -0.15) is 0 Å². The van der Waals surface area contributed by atoms with Crippen LogP contribution in [0.25, 0.3) is 11.6 Å². The molecule has 6 nitrogen and oxygen atoms in total. The van der Waals surface area contributed by atoms with Gasteiger partial charge in [0.25, 0.3) is 0 Å². The van der Waals surface area contributed by atoms with Gasteiger partial charge in [-0.05, 0) is 62.5 Å². The third kappa shape index (κ3) is 6.19. The van der Waals surface area contributed by atoms with E-state index in [2.05, 4.69) is 4.98 Å². The number of hydrogen-bond donors (Lipinski definition) is 2. The second kappa shape index (κ2) is 9.52. The maximum atomic E-state index is 11.8. The normalized spacial score (nSPS) is 13.2. The SMILES string of the molecule is CC(C)(O)C(C)(C)OB(O)c1cccc(/C=C(\c2ccc(S(C)(=O)=O)cc2)c2nccs2)c1. The number of rotatable bonds is 8. The highest BCUT2D eigenvalue weighted by molar-refractivity contribution is 7.90. The summed E-state index contributed by atoms with van der Waals surface area (Å²) in [4.78, 5) is 4.67. The molecule has 0 aliphatic carbocycles. The minimum Gasteiger partial charge on any atom is -0.423 e. The molecule has 3 aromatic rings. The van der Waals surface area contributed by atoms with E-state index in [0.29, 0.717) is 5.46 Å². The summed E-state index contributed by atoms with van der Waals surface area (Å²) in [7, 11) is -4.52. The molecule has 3 rings (SSSR count). The summed E-state index contributed by atoms with van der Waals surface area (Å²) in [6.45, 7) is 6.71. The van der Waals surface area contributed by atoms with Crippen molar-refractivity contribution in [2.75, 3.05) is 6.26 Å². The quantitative estimate of drug-likeness (QED) is 0.375. The predicted octanol–water partition coefficient (Wildman–Crippen LogP) is 3.39. The summed E-state index contributed by atoms with van der Waals surface area (Å²) in [6, 6.07) is 14.0. The van der Waals surface area contributed by atoms with Crippen LogP contribution in [0.5, 0.6) is 0 Å². The average Bonchev–Trinajstić information content (AvgIpc) is 3.25. The second-order valence-corrected chi connectivity index (χ2v) is 11.8. The van der Waals surface area contributed by atoms with E-state index < -0.39 is 28.2 Å². The van der Waals surface area contributed by atoms with Gasteiger partial charge in [0.2, 0.25) is 0 Å². The van der Waals surface area contributed by atoms with Gasteiger partial charge in [0.15, 0.2) is 9.84 Å². The third-order valence-electron chi connectivity index (χ3n) is 5.64. The van der Waals surface area contributed by atoms with Gasteiger partial charge in [0.05, 0.1) is 16.1 Å². The summed E-state index contributed by atoms with van der Waals surface area (Å²) in [6.07, 6.45) is 4.83. The first-order chi connectivity index (χ1) is 15.3. The van der Waals surface area contributed by atoms with Crippen LogP contribution in [0, 0.1) is 0 Å². The summed E-state index contributed by atoms with van der Waals surface area (Å²) in [5, 5.41) is 23.7. The number of hydrogen-bond acceptors (Lipinski definition) is 7. The lowest BCUT2D eigenvalue weighted by atomic mass is 9.76. The van der Waals surface area contributed by atoms with Gasteiger partial charge in [-0.25, -0.2) is 13.4 Å². The van der Waals surface area contributed by atoms with Gasteiger partial charge in [-0.3, -0.25) is 0 Å². The molecule has 0 aliphatic heterocycles. The van der Waals surface area contributed by atoms with E-state index in [0.717, 1.165) is 21.7 Å². The number of thiazole rings is 1. The Bertz CT molecular complexity index is 1230. The van der Waals surface area contributed by atoms with Crippen LogP contribution < -0.4 is 5.46 Å². The Kier molecular flexibility index (Phi) is 7.31. The molecule has 1 heterocycles. The zero-order chi connectivity index (χ0) is 24.4. The molecule has 0 fully saturated rings. The lowest BCUT2D eigenvalue weighted by Gasteiger charge is -2.38. The molecule has 0 amide bonds. The van der Waals surface area contributed by atoms with Gasteiger partial charge in [0.1, 0.15) is 5.01 Å². The van der Waals surface area contributed by atoms with E-state index in [4.69, 9.17) is 4.65 Å². The van der Waals surface area contributed by atoms with Gasteiger partial charge in [-0.15, -0.1) is 11.3 Å². The van der Waals surface area contributed by atoms with Crippen molar-refractivity contribution in [2.24, 2.45) is 0 Å². The van der Waals surface area contributed by atoms with Crippen molar-refractivity contribution < 1.29 is 23.2 Å². The highest BCUT2D eigenvalue weighted by Crippen LogP contribution is 2.29. The van der Waals surface area contributed by atoms with Gasteiger partial charge in [-0.1, -0.05) is 36.4 Å². The molecule has 0 atom stereocenters. The Hall–Kier alpha value is -2.30. The average molecular weight is 485 g/mol. The highest BCUT2D eigenvalue weighted by atomic mass is 32.2. The molecule has 33 heavy (non-hydrogen) atoms. The van der Waals surface area contributed by atoms with Crippen molar-refractivity contribution in [3.63, 3.8) is 0 Å². The lowest BCUT2D eigenvalue weighted by Crippen LogP contribution is -2.53. The zero-order valence-corrected chi connectivity index (χ0v) is 20.9. The minimum atomic E-state index is -3.29. The molecule has 0 spiro atoms. The Balaban J connectivity index is 1.98. The first kappa shape index (κ1) is 25.3. The van der Waals surface area contributed by atoms with Gasteiger partial charge >= 0.3 is 7.12 Å². The van der Waals surface area contributed by atoms with Crippen molar-refractivity contribution in [3.05, 3.63) is 76.2 Å².